The molecule has 0 aliphatic rings. The lowest BCUT2D eigenvalue weighted by Crippen LogP contribution is -2.23. The monoisotopic (exact) mass is 527 g/mol. The molecule has 0 fully saturated rings. The molecule has 0 aliphatic heterocycles. The number of nitrogens with zero attached hydrogens (tertiary/aromatic N) is 7. The average molecular weight is 528 g/mol. The SMILES string of the molecule is COc1ccc(-c2cc(-n3cncn3)n(-c3cccc(Cl)c3)c(=O)c2N=Nc2cccc([N+](=O)[O-])c2)cc1. The smallest absolute Gasteiger partial charge is 0.285 e. The third-order valence-corrected chi connectivity index (χ3v) is 5.83. The summed E-state index contributed by atoms with van der Waals surface area (Å²) in [4.78, 5) is 28.8. The molecule has 11 nitrogen and oxygen atoms in total. The Hall–Kier alpha value is -5.16. The Morgan fingerprint density at radius 1 is 1.00 bits per heavy atom. The number of nitro benzene ring substituents is 1. The lowest BCUT2D eigenvalue weighted by molar-refractivity contribution is -0.384. The summed E-state index contributed by atoms with van der Waals surface area (Å²) in [6.45, 7) is 0. The van der Waals surface area contributed by atoms with Gasteiger partial charge in [-0.3, -0.25) is 19.5 Å². The molecular weight excluding hydrogens is 510 g/mol. The molecule has 0 aliphatic carbocycles. The van der Waals surface area contributed by atoms with E-state index >= 15 is 0 Å². The average Bonchev–Trinajstić information content (AvgIpc) is 3.47. The van der Waals surface area contributed by atoms with Gasteiger partial charge in [0.15, 0.2) is 5.69 Å². The lowest BCUT2D eigenvalue weighted by atomic mass is 10.0. The summed E-state index contributed by atoms with van der Waals surface area (Å²) in [7, 11) is 1.56. The van der Waals surface area contributed by atoms with E-state index in [-0.39, 0.29) is 17.1 Å². The summed E-state index contributed by atoms with van der Waals surface area (Å²) in [5.74, 6) is 1.02. The van der Waals surface area contributed by atoms with Gasteiger partial charge in [-0.2, -0.15) is 10.2 Å². The molecule has 0 amide bonds. The predicted molar refractivity (Wildman–Crippen MR) is 141 cm³/mol. The van der Waals surface area contributed by atoms with Crippen LogP contribution >= 0.6 is 11.6 Å². The molecule has 188 valence electrons. The molecule has 2 heterocycles. The van der Waals surface area contributed by atoms with Gasteiger partial charge in [-0.25, -0.2) is 9.67 Å². The van der Waals surface area contributed by atoms with Crippen molar-refractivity contribution in [2.24, 2.45) is 10.2 Å². The molecule has 2 aromatic heterocycles. The first-order chi connectivity index (χ1) is 18.4. The number of halogens is 1. The number of aromatic nitrogens is 4. The third-order valence-electron chi connectivity index (χ3n) is 5.59. The number of methoxy groups -OCH3 is 1. The molecule has 0 unspecified atom stereocenters. The topological polar surface area (TPSA) is 130 Å². The van der Waals surface area contributed by atoms with Crippen LogP contribution < -0.4 is 10.3 Å². The van der Waals surface area contributed by atoms with Crippen LogP contribution in [0.3, 0.4) is 0 Å². The third kappa shape index (κ3) is 4.90. The molecule has 0 radical (unpaired) electrons. The van der Waals surface area contributed by atoms with Crippen molar-refractivity contribution in [2.45, 2.75) is 0 Å². The molecule has 3 aromatic carbocycles. The van der Waals surface area contributed by atoms with Crippen LogP contribution in [0.25, 0.3) is 22.6 Å². The van der Waals surface area contributed by atoms with Crippen LogP contribution in [0.2, 0.25) is 5.02 Å². The highest BCUT2D eigenvalue weighted by Gasteiger charge is 2.20. The van der Waals surface area contributed by atoms with Crippen molar-refractivity contribution in [3.63, 3.8) is 0 Å². The van der Waals surface area contributed by atoms with Crippen molar-refractivity contribution < 1.29 is 9.66 Å². The quantitative estimate of drug-likeness (QED) is 0.143. The second-order valence-electron chi connectivity index (χ2n) is 7.93. The molecule has 5 rings (SSSR count). The van der Waals surface area contributed by atoms with Gasteiger partial charge < -0.3 is 4.74 Å². The number of non-ortho nitro benzene ring substituents is 1. The first kappa shape index (κ1) is 24.5. The number of nitro groups is 1. The van der Waals surface area contributed by atoms with Crippen LogP contribution in [0.5, 0.6) is 5.75 Å². The van der Waals surface area contributed by atoms with Gasteiger partial charge in [0.1, 0.15) is 24.2 Å². The standard InChI is InChI=1S/C26H18ClN7O4/c1-38-22-10-8-17(9-11-22)23-14-24(32-16-28-15-29-32)33(20-6-2-4-18(27)12-20)26(35)25(23)31-30-19-5-3-7-21(13-19)34(36)37/h2-16H,1H3. The Labute approximate surface area is 220 Å². The number of pyridine rings is 1. The van der Waals surface area contributed by atoms with E-state index in [0.717, 1.165) is 0 Å². The molecule has 0 saturated heterocycles. The van der Waals surface area contributed by atoms with Crippen molar-refractivity contribution in [1.82, 2.24) is 19.3 Å². The molecule has 0 atom stereocenters. The fraction of sp³-hybridized carbons (Fsp3) is 0.0385. The molecule has 0 saturated carbocycles. The van der Waals surface area contributed by atoms with Crippen LogP contribution in [-0.4, -0.2) is 31.4 Å². The number of azo groups is 1. The van der Waals surface area contributed by atoms with E-state index in [1.807, 2.05) is 0 Å². The first-order valence-electron chi connectivity index (χ1n) is 11.2. The molecular formula is C26H18ClN7O4. The van der Waals surface area contributed by atoms with E-state index in [2.05, 4.69) is 20.3 Å². The molecule has 12 heteroatoms. The predicted octanol–water partition coefficient (Wildman–Crippen LogP) is 6.07. The lowest BCUT2D eigenvalue weighted by Gasteiger charge is -2.16. The maximum absolute atomic E-state index is 14.1. The highest BCUT2D eigenvalue weighted by atomic mass is 35.5. The second kappa shape index (κ2) is 10.4. The normalized spacial score (nSPS) is 11.1. The van der Waals surface area contributed by atoms with E-state index in [1.165, 1.54) is 40.1 Å². The Morgan fingerprint density at radius 2 is 1.79 bits per heavy atom. The fourth-order valence-corrected chi connectivity index (χ4v) is 4.00. The summed E-state index contributed by atoms with van der Waals surface area (Å²) in [5.41, 5.74) is 1.15. The van der Waals surface area contributed by atoms with E-state index < -0.39 is 10.5 Å². The van der Waals surface area contributed by atoms with Crippen LogP contribution in [0.4, 0.5) is 17.1 Å². The van der Waals surface area contributed by atoms with E-state index in [4.69, 9.17) is 16.3 Å². The van der Waals surface area contributed by atoms with Gasteiger partial charge in [0.2, 0.25) is 0 Å². The van der Waals surface area contributed by atoms with Crippen LogP contribution in [0.1, 0.15) is 0 Å². The first-order valence-corrected chi connectivity index (χ1v) is 11.5. The van der Waals surface area contributed by atoms with Crippen molar-refractivity contribution in [2.75, 3.05) is 7.11 Å². The van der Waals surface area contributed by atoms with Crippen molar-refractivity contribution in [1.29, 1.82) is 0 Å². The highest BCUT2D eigenvalue weighted by Crippen LogP contribution is 2.33. The number of rotatable bonds is 7. The zero-order chi connectivity index (χ0) is 26.6. The van der Waals surface area contributed by atoms with Gasteiger partial charge in [0.05, 0.1) is 23.4 Å². The minimum atomic E-state index is -0.527. The summed E-state index contributed by atoms with van der Waals surface area (Å²) in [5, 5.41) is 24.3. The zero-order valence-corrected chi connectivity index (χ0v) is 20.6. The van der Waals surface area contributed by atoms with Gasteiger partial charge in [0.25, 0.3) is 11.2 Å². The second-order valence-corrected chi connectivity index (χ2v) is 8.37. The minimum Gasteiger partial charge on any atom is -0.497 e. The fourth-order valence-electron chi connectivity index (χ4n) is 3.81. The summed E-state index contributed by atoms with van der Waals surface area (Å²) < 4.78 is 8.12. The van der Waals surface area contributed by atoms with Gasteiger partial charge in [0, 0.05) is 22.7 Å². The van der Waals surface area contributed by atoms with E-state index in [0.29, 0.717) is 33.4 Å². The summed E-state index contributed by atoms with van der Waals surface area (Å²) >= 11 is 6.24. The number of benzene rings is 3. The Kier molecular flexibility index (Phi) is 6.74. The van der Waals surface area contributed by atoms with Gasteiger partial charge in [-0.1, -0.05) is 35.9 Å². The Balaban J connectivity index is 1.78. The summed E-state index contributed by atoms with van der Waals surface area (Å²) in [6.07, 6.45) is 2.83. The van der Waals surface area contributed by atoms with Crippen molar-refractivity contribution in [3.05, 3.63) is 117 Å². The number of hydrogen-bond acceptors (Lipinski definition) is 8. The van der Waals surface area contributed by atoms with Crippen LogP contribution in [0, 0.1) is 10.1 Å². The van der Waals surface area contributed by atoms with Crippen molar-refractivity contribution in [3.8, 4) is 28.4 Å². The largest absolute Gasteiger partial charge is 0.497 e. The summed E-state index contributed by atoms with van der Waals surface area (Å²) in [6, 6.07) is 21.3. The van der Waals surface area contributed by atoms with E-state index in [1.54, 1.807) is 67.8 Å². The number of hydrogen-bond donors (Lipinski definition) is 0. The maximum Gasteiger partial charge on any atom is 0.285 e. The van der Waals surface area contributed by atoms with E-state index in [9.17, 15) is 14.9 Å². The Bertz CT molecular complexity index is 1720. The molecule has 0 spiro atoms. The van der Waals surface area contributed by atoms with Gasteiger partial charge in [-0.05, 0) is 48.0 Å². The molecule has 0 bridgehead atoms. The minimum absolute atomic E-state index is 0.00511. The van der Waals surface area contributed by atoms with Gasteiger partial charge >= 0.3 is 0 Å². The van der Waals surface area contributed by atoms with Crippen LogP contribution in [0.15, 0.2) is 107 Å². The Morgan fingerprint density at radius 3 is 2.47 bits per heavy atom. The highest BCUT2D eigenvalue weighted by molar-refractivity contribution is 6.30. The molecule has 5 aromatic rings. The maximum atomic E-state index is 14.1. The number of ether oxygens (including phenoxy) is 1. The van der Waals surface area contributed by atoms with Gasteiger partial charge in [-0.15, -0.1) is 5.11 Å². The molecule has 0 N–H and O–H groups in total. The van der Waals surface area contributed by atoms with Crippen LogP contribution in [-0.2, 0) is 0 Å². The van der Waals surface area contributed by atoms with Crippen molar-refractivity contribution >= 4 is 28.7 Å². The molecule has 38 heavy (non-hydrogen) atoms. The zero-order valence-electron chi connectivity index (χ0n) is 19.8.